The van der Waals surface area contributed by atoms with Crippen LogP contribution < -0.4 is 136 Å². The van der Waals surface area contributed by atoms with E-state index in [1.54, 1.807) is 95.4 Å². The van der Waals surface area contributed by atoms with Crippen LogP contribution in [-0.2, 0) is 24.0 Å². The molecule has 0 spiro atoms. The van der Waals surface area contributed by atoms with Gasteiger partial charge in [-0.25, -0.2) is 0 Å². The van der Waals surface area contributed by atoms with E-state index in [1.165, 1.54) is 30.4 Å². The second-order valence-corrected chi connectivity index (χ2v) is 6.02. The van der Waals surface area contributed by atoms with E-state index in [2.05, 4.69) is 0 Å². The molecule has 0 fully saturated rings. The zero-order chi connectivity index (χ0) is 32.0. The zero-order valence-corrected chi connectivity index (χ0v) is 36.2. The number of carboxylic acids is 5. The smallest absolute Gasteiger partial charge is 0.545 e. The first-order valence-corrected chi connectivity index (χ1v) is 11.4. The molecule has 0 aliphatic carbocycles. The number of rotatable bonds is 10. The Labute approximate surface area is 377 Å². The summed E-state index contributed by atoms with van der Waals surface area (Å²) in [7, 11) is 0. The van der Waals surface area contributed by atoms with Crippen LogP contribution in [-0.4, -0.2) is 67.6 Å². The first kappa shape index (κ1) is 66.1. The third-order valence-electron chi connectivity index (χ3n) is 2.68. The van der Waals surface area contributed by atoms with Crippen LogP contribution in [0.1, 0.15) is 34.6 Å². The Morgan fingerprint density at radius 3 is 0.523 bits per heavy atom. The van der Waals surface area contributed by atoms with Crippen LogP contribution >= 0.6 is 0 Å². The number of carbonyl (C=O) groups excluding carboxylic acids is 5. The summed E-state index contributed by atoms with van der Waals surface area (Å²) in [4.78, 5) is 48.2. The Morgan fingerprint density at radius 2 is 0.455 bits per heavy atom. The first-order chi connectivity index (χ1) is 18.9. The van der Waals surface area contributed by atoms with Gasteiger partial charge in [-0.3, -0.25) is 0 Å². The fraction of sp³-hybridized carbons (Fsp3) is 0.167. The van der Waals surface area contributed by atoms with Gasteiger partial charge in [0.15, 0.2) is 0 Å². The number of carbonyl (C=O) groups is 5. The van der Waals surface area contributed by atoms with Gasteiger partial charge < -0.3 is 49.5 Å². The van der Waals surface area contributed by atoms with Gasteiger partial charge in [0.25, 0.3) is 0 Å². The number of carboxylic acid groups (broad SMARTS) is 5. The van der Waals surface area contributed by atoms with Gasteiger partial charge in [-0.15, -0.1) is 0 Å². The standard InChI is InChI=1S/5C6H8O2.Ca.K.2Na/c5*1-2-3-4-5-6(7)8;;;;/h5*2-5H,1H3,(H,7,8);;;;/q;;;;;+2;3*+1/p-5/b5*3-2+,5-4+;;;;. The van der Waals surface area contributed by atoms with Crippen LogP contribution in [0.4, 0.5) is 0 Å². The van der Waals surface area contributed by atoms with Crippen molar-refractivity contribution < 1.29 is 160 Å². The van der Waals surface area contributed by atoms with Crippen molar-refractivity contribution in [2.45, 2.75) is 34.6 Å². The van der Waals surface area contributed by atoms with Crippen LogP contribution in [0.2, 0.25) is 0 Å². The minimum absolute atomic E-state index is 0. The number of aliphatic carboxylic acids is 5. The van der Waals surface area contributed by atoms with E-state index in [9.17, 15) is 49.5 Å². The molecule has 0 saturated carbocycles. The Balaban J connectivity index is -0.0000000486. The maximum absolute atomic E-state index is 9.64. The minimum atomic E-state index is -1.16. The number of allylic oxidation sites excluding steroid dienone is 15. The van der Waals surface area contributed by atoms with E-state index >= 15 is 0 Å². The summed E-state index contributed by atoms with van der Waals surface area (Å²) in [6.45, 7) is 9.03. The summed E-state index contributed by atoms with van der Waals surface area (Å²) in [5, 5.41) is 48.2. The Morgan fingerprint density at radius 1 is 0.341 bits per heavy atom. The van der Waals surface area contributed by atoms with Crippen LogP contribution in [0.25, 0.3) is 0 Å². The molecular formula is C30H35CaKNa2O10. The number of hydrogen-bond acceptors (Lipinski definition) is 10. The van der Waals surface area contributed by atoms with Crippen molar-refractivity contribution in [1.29, 1.82) is 0 Å². The molecule has 0 N–H and O–H groups in total. The molecule has 0 heterocycles. The summed E-state index contributed by atoms with van der Waals surface area (Å²) >= 11 is 0. The summed E-state index contributed by atoms with van der Waals surface area (Å²) in [5.41, 5.74) is 0. The molecule has 0 radical (unpaired) electrons. The molecule has 44 heavy (non-hydrogen) atoms. The van der Waals surface area contributed by atoms with Gasteiger partial charge in [-0.2, -0.15) is 0 Å². The third kappa shape index (κ3) is 113. The van der Waals surface area contributed by atoms with Crippen molar-refractivity contribution in [3.8, 4) is 0 Å². The van der Waals surface area contributed by atoms with E-state index < -0.39 is 29.8 Å². The average Bonchev–Trinajstić information content (AvgIpc) is 2.86. The molecule has 0 atom stereocenters. The zero-order valence-electron chi connectivity index (χ0n) is 26.8. The molecular weight excluding hydrogens is 645 g/mol. The Kier molecular flexibility index (Phi) is 92.6. The molecule has 0 aromatic carbocycles. The Bertz CT molecular complexity index is 824. The predicted octanol–water partition coefficient (Wildman–Crippen LogP) is -10.0. The van der Waals surface area contributed by atoms with Gasteiger partial charge in [0, 0.05) is 0 Å². The maximum atomic E-state index is 9.64. The van der Waals surface area contributed by atoms with Gasteiger partial charge in [-0.05, 0) is 65.0 Å². The van der Waals surface area contributed by atoms with E-state index in [4.69, 9.17) is 0 Å². The topological polar surface area (TPSA) is 201 Å². The van der Waals surface area contributed by atoms with E-state index in [0.29, 0.717) is 0 Å². The molecule has 0 rings (SSSR count). The molecule has 14 heteroatoms. The second kappa shape index (κ2) is 61.6. The van der Waals surface area contributed by atoms with Crippen molar-refractivity contribution in [3.05, 3.63) is 122 Å². The van der Waals surface area contributed by atoms with Crippen molar-refractivity contribution in [1.82, 2.24) is 0 Å². The quantitative estimate of drug-likeness (QED) is 0.121. The number of hydrogen-bond donors (Lipinski definition) is 0. The van der Waals surface area contributed by atoms with Gasteiger partial charge in [0.2, 0.25) is 0 Å². The predicted molar refractivity (Wildman–Crippen MR) is 151 cm³/mol. The first-order valence-electron chi connectivity index (χ1n) is 11.4. The van der Waals surface area contributed by atoms with Gasteiger partial charge in [0.1, 0.15) is 0 Å². The monoisotopic (exact) mass is 680 g/mol. The van der Waals surface area contributed by atoms with Crippen LogP contribution in [0.5, 0.6) is 0 Å². The van der Waals surface area contributed by atoms with E-state index in [1.807, 2.05) is 0 Å². The van der Waals surface area contributed by atoms with Gasteiger partial charge >= 0.3 is 148 Å². The molecule has 0 aliphatic rings. The summed E-state index contributed by atoms with van der Waals surface area (Å²) < 4.78 is 0. The minimum Gasteiger partial charge on any atom is -0.545 e. The van der Waals surface area contributed by atoms with E-state index in [-0.39, 0.29) is 148 Å². The van der Waals surface area contributed by atoms with Crippen molar-refractivity contribution in [3.63, 3.8) is 0 Å². The molecule has 0 aromatic rings. The van der Waals surface area contributed by atoms with Crippen LogP contribution in [0.15, 0.2) is 122 Å². The normalized spacial score (nSPS) is 10.1. The molecule has 0 unspecified atom stereocenters. The van der Waals surface area contributed by atoms with Gasteiger partial charge in [-0.1, -0.05) is 91.1 Å². The third-order valence-corrected chi connectivity index (χ3v) is 2.68. The summed E-state index contributed by atoms with van der Waals surface area (Å²) in [6, 6.07) is 0. The second-order valence-electron chi connectivity index (χ2n) is 6.02. The molecule has 0 saturated heterocycles. The van der Waals surface area contributed by atoms with Crippen molar-refractivity contribution >= 4 is 67.6 Å². The molecule has 0 aliphatic heterocycles. The van der Waals surface area contributed by atoms with E-state index in [0.717, 1.165) is 30.4 Å². The van der Waals surface area contributed by atoms with Crippen molar-refractivity contribution in [2.75, 3.05) is 0 Å². The summed E-state index contributed by atoms with van der Waals surface area (Å²) in [5.74, 6) is -5.82. The SMILES string of the molecule is C/C=C/C=C/C(=O)[O-].C/C=C/C=C/C(=O)[O-].C/C=C/C=C/C(=O)[O-].C/C=C/C=C/C(=O)[O-].C/C=C/C=C/C(=O)[O-].[Ca+2].[K+].[Na+].[Na+]. The molecule has 0 amide bonds. The van der Waals surface area contributed by atoms with Crippen LogP contribution in [0.3, 0.4) is 0 Å². The van der Waals surface area contributed by atoms with Crippen molar-refractivity contribution in [2.24, 2.45) is 0 Å². The Hall–Kier alpha value is -0.354. The molecule has 220 valence electrons. The summed E-state index contributed by atoms with van der Waals surface area (Å²) in [6.07, 6.45) is 28.7. The molecule has 0 bridgehead atoms. The largest absolute Gasteiger partial charge is 2.00 e. The van der Waals surface area contributed by atoms with Crippen LogP contribution in [0, 0.1) is 0 Å². The average molecular weight is 681 g/mol. The van der Waals surface area contributed by atoms with Gasteiger partial charge in [0.05, 0.1) is 29.8 Å². The maximum Gasteiger partial charge on any atom is 2.00 e. The fourth-order valence-corrected chi connectivity index (χ4v) is 1.23. The fourth-order valence-electron chi connectivity index (χ4n) is 1.23. The molecule has 10 nitrogen and oxygen atoms in total. The molecule has 0 aromatic heterocycles.